The van der Waals surface area contributed by atoms with Crippen molar-refractivity contribution >= 4 is 22.8 Å². The molecule has 0 heterocycles. The van der Waals surface area contributed by atoms with E-state index in [0.717, 1.165) is 33.9 Å². The third-order valence-corrected chi connectivity index (χ3v) is 5.44. The fourth-order valence-electron chi connectivity index (χ4n) is 3.69. The molecule has 0 N–H and O–H groups in total. The lowest BCUT2D eigenvalue weighted by molar-refractivity contribution is 1.27. The summed E-state index contributed by atoms with van der Waals surface area (Å²) >= 11 is 0. The SMILES string of the molecule is CC1=CC(=Nc2c(C)cc(C)cc2C)C(C)=CC1=Nc1cc(C)c(C)cc1C. The average molecular weight is 371 g/mol. The van der Waals surface area contributed by atoms with Crippen molar-refractivity contribution in [3.63, 3.8) is 0 Å². The zero-order valence-electron chi connectivity index (χ0n) is 18.4. The first-order valence-corrected chi connectivity index (χ1v) is 9.86. The largest absolute Gasteiger partial charge is 0.248 e. The number of aryl methyl sites for hydroxylation is 6. The van der Waals surface area contributed by atoms with Crippen molar-refractivity contribution in [3.8, 4) is 0 Å². The Morgan fingerprint density at radius 1 is 0.500 bits per heavy atom. The number of allylic oxidation sites excluding steroid dienone is 4. The van der Waals surface area contributed by atoms with Gasteiger partial charge in [-0.2, -0.15) is 0 Å². The second-order valence-electron chi connectivity index (χ2n) is 8.12. The molecule has 2 aromatic carbocycles. The summed E-state index contributed by atoms with van der Waals surface area (Å²) in [6.07, 6.45) is 4.31. The van der Waals surface area contributed by atoms with Crippen molar-refractivity contribution in [2.24, 2.45) is 9.98 Å². The van der Waals surface area contributed by atoms with Gasteiger partial charge in [-0.1, -0.05) is 23.8 Å². The lowest BCUT2D eigenvalue weighted by Crippen LogP contribution is -2.10. The maximum Gasteiger partial charge on any atom is 0.0695 e. The van der Waals surface area contributed by atoms with Crippen molar-refractivity contribution < 1.29 is 0 Å². The van der Waals surface area contributed by atoms with E-state index in [-0.39, 0.29) is 0 Å². The van der Waals surface area contributed by atoms with Gasteiger partial charge in [-0.25, -0.2) is 9.98 Å². The number of rotatable bonds is 2. The van der Waals surface area contributed by atoms with Crippen LogP contribution in [0.25, 0.3) is 0 Å². The summed E-state index contributed by atoms with van der Waals surface area (Å²) in [6.45, 7) is 17.0. The molecule has 2 nitrogen and oxygen atoms in total. The van der Waals surface area contributed by atoms with Gasteiger partial charge in [0.1, 0.15) is 0 Å². The van der Waals surface area contributed by atoms with Gasteiger partial charge < -0.3 is 0 Å². The standard InChI is InChI=1S/C26H30N2/c1-15-9-21(7)26(22(8)10-15)28-25-14-19(5)24(13-20(25)6)27-23-12-17(3)16(2)11-18(23)4/h9-14H,1-8H3. The molecule has 144 valence electrons. The van der Waals surface area contributed by atoms with Crippen LogP contribution < -0.4 is 0 Å². The molecule has 0 aromatic heterocycles. The molecule has 0 atom stereocenters. The Morgan fingerprint density at radius 3 is 1.57 bits per heavy atom. The minimum atomic E-state index is 1.01. The van der Waals surface area contributed by atoms with Gasteiger partial charge in [0.25, 0.3) is 0 Å². The Bertz CT molecular complexity index is 1050. The molecule has 0 bridgehead atoms. The molecule has 0 radical (unpaired) electrons. The molecular formula is C26H30N2. The van der Waals surface area contributed by atoms with Gasteiger partial charge in [-0.15, -0.1) is 0 Å². The van der Waals surface area contributed by atoms with Crippen LogP contribution in [0.2, 0.25) is 0 Å². The summed E-state index contributed by atoms with van der Waals surface area (Å²) in [4.78, 5) is 9.95. The summed E-state index contributed by atoms with van der Waals surface area (Å²) < 4.78 is 0. The molecule has 0 saturated carbocycles. The van der Waals surface area contributed by atoms with Gasteiger partial charge in [0.05, 0.1) is 22.8 Å². The molecule has 1 aliphatic rings. The first-order chi connectivity index (χ1) is 13.2. The summed E-state index contributed by atoms with van der Waals surface area (Å²) in [6, 6.07) is 8.78. The van der Waals surface area contributed by atoms with E-state index >= 15 is 0 Å². The molecule has 0 fully saturated rings. The maximum absolute atomic E-state index is 4.99. The van der Waals surface area contributed by atoms with E-state index in [9.17, 15) is 0 Å². The van der Waals surface area contributed by atoms with Crippen LogP contribution in [-0.2, 0) is 0 Å². The smallest absolute Gasteiger partial charge is 0.0695 e. The third-order valence-electron chi connectivity index (χ3n) is 5.44. The van der Waals surface area contributed by atoms with Crippen LogP contribution in [0.1, 0.15) is 47.2 Å². The minimum absolute atomic E-state index is 1.01. The van der Waals surface area contributed by atoms with Gasteiger partial charge in [0.2, 0.25) is 0 Å². The number of benzene rings is 2. The molecule has 0 spiro atoms. The normalized spacial score (nSPS) is 17.1. The van der Waals surface area contributed by atoms with Crippen LogP contribution in [0.15, 0.2) is 57.5 Å². The predicted molar refractivity (Wildman–Crippen MR) is 123 cm³/mol. The fourth-order valence-corrected chi connectivity index (χ4v) is 3.69. The molecule has 28 heavy (non-hydrogen) atoms. The predicted octanol–water partition coefficient (Wildman–Crippen LogP) is 7.29. The Morgan fingerprint density at radius 2 is 1.00 bits per heavy atom. The summed E-state index contributed by atoms with van der Waals surface area (Å²) in [7, 11) is 0. The highest BCUT2D eigenvalue weighted by molar-refractivity contribution is 6.24. The highest BCUT2D eigenvalue weighted by Gasteiger charge is 2.14. The Kier molecular flexibility index (Phi) is 5.51. The summed E-state index contributed by atoms with van der Waals surface area (Å²) in [5, 5.41) is 0. The van der Waals surface area contributed by atoms with E-state index < -0.39 is 0 Å². The average Bonchev–Trinajstić information content (AvgIpc) is 2.59. The van der Waals surface area contributed by atoms with E-state index in [0.29, 0.717) is 0 Å². The molecule has 2 heteroatoms. The molecule has 0 saturated heterocycles. The zero-order chi connectivity index (χ0) is 20.6. The molecule has 1 aliphatic carbocycles. The highest BCUT2D eigenvalue weighted by atomic mass is 14.8. The van der Waals surface area contributed by atoms with Gasteiger partial charge in [0, 0.05) is 0 Å². The van der Waals surface area contributed by atoms with E-state index in [2.05, 4.69) is 91.8 Å². The van der Waals surface area contributed by atoms with Crippen molar-refractivity contribution in [2.45, 2.75) is 55.4 Å². The van der Waals surface area contributed by atoms with Crippen LogP contribution in [0.5, 0.6) is 0 Å². The first-order valence-electron chi connectivity index (χ1n) is 9.86. The zero-order valence-corrected chi connectivity index (χ0v) is 18.4. The fraction of sp³-hybridized carbons (Fsp3) is 0.308. The number of nitrogens with zero attached hydrogens (tertiary/aromatic N) is 2. The molecule has 0 aliphatic heterocycles. The monoisotopic (exact) mass is 370 g/mol. The third kappa shape index (κ3) is 4.06. The quantitative estimate of drug-likeness (QED) is 0.496. The molecule has 2 aromatic rings. The van der Waals surface area contributed by atoms with Crippen LogP contribution in [0.3, 0.4) is 0 Å². The van der Waals surface area contributed by atoms with Crippen molar-refractivity contribution in [1.29, 1.82) is 0 Å². The van der Waals surface area contributed by atoms with Crippen LogP contribution >= 0.6 is 0 Å². The number of hydrogen-bond donors (Lipinski definition) is 0. The van der Waals surface area contributed by atoms with E-state index in [1.807, 2.05) is 0 Å². The summed E-state index contributed by atoms with van der Waals surface area (Å²) in [5.41, 5.74) is 13.9. The Balaban J connectivity index is 2.02. The lowest BCUT2D eigenvalue weighted by atomic mass is 9.96. The Hall–Kier alpha value is -2.74. The van der Waals surface area contributed by atoms with Crippen molar-refractivity contribution in [1.82, 2.24) is 0 Å². The second-order valence-corrected chi connectivity index (χ2v) is 8.12. The molecule has 3 rings (SSSR count). The van der Waals surface area contributed by atoms with Crippen molar-refractivity contribution in [3.05, 3.63) is 80.9 Å². The van der Waals surface area contributed by atoms with Crippen LogP contribution in [0.4, 0.5) is 11.4 Å². The second kappa shape index (κ2) is 7.71. The van der Waals surface area contributed by atoms with Crippen LogP contribution in [-0.4, -0.2) is 11.4 Å². The van der Waals surface area contributed by atoms with Gasteiger partial charge in [-0.3, -0.25) is 0 Å². The topological polar surface area (TPSA) is 24.7 Å². The molecule has 0 amide bonds. The van der Waals surface area contributed by atoms with Gasteiger partial charge in [-0.05, 0) is 113 Å². The van der Waals surface area contributed by atoms with Crippen LogP contribution in [0, 0.1) is 41.5 Å². The number of aliphatic imine (C=N–C) groups is 2. The van der Waals surface area contributed by atoms with E-state index in [1.165, 1.54) is 33.4 Å². The van der Waals surface area contributed by atoms with E-state index in [4.69, 9.17) is 9.98 Å². The lowest BCUT2D eigenvalue weighted by Gasteiger charge is -2.15. The van der Waals surface area contributed by atoms with E-state index in [1.54, 1.807) is 0 Å². The molecule has 0 unspecified atom stereocenters. The minimum Gasteiger partial charge on any atom is -0.248 e. The maximum atomic E-state index is 4.99. The first kappa shape index (κ1) is 20.0. The van der Waals surface area contributed by atoms with Gasteiger partial charge in [0.15, 0.2) is 0 Å². The Labute approximate surface area is 169 Å². The van der Waals surface area contributed by atoms with Crippen molar-refractivity contribution in [2.75, 3.05) is 0 Å². The van der Waals surface area contributed by atoms with Gasteiger partial charge >= 0.3 is 0 Å². The number of hydrogen-bond acceptors (Lipinski definition) is 2. The highest BCUT2D eigenvalue weighted by Crippen LogP contribution is 2.29. The molecular weight excluding hydrogens is 340 g/mol. The summed E-state index contributed by atoms with van der Waals surface area (Å²) in [5.74, 6) is 0.